The fourth-order valence-corrected chi connectivity index (χ4v) is 5.00. The van der Waals surface area contributed by atoms with Crippen molar-refractivity contribution in [2.75, 3.05) is 13.1 Å². The summed E-state index contributed by atoms with van der Waals surface area (Å²) in [6, 6.07) is 12.8. The molecule has 0 bridgehead atoms. The number of hydrogen-bond acceptors (Lipinski definition) is 4. The minimum atomic E-state index is -0.471. The average molecular weight is 478 g/mol. The number of pyridine rings is 1. The van der Waals surface area contributed by atoms with E-state index in [0.29, 0.717) is 12.5 Å². The molecule has 3 aromatic rings. The number of likely N-dealkylation sites (tertiary alicyclic amines) is 1. The molecule has 5 nitrogen and oxygen atoms in total. The number of benzene rings is 1. The number of rotatable bonds is 7. The lowest BCUT2D eigenvalue weighted by Crippen LogP contribution is -2.42. The van der Waals surface area contributed by atoms with Gasteiger partial charge in [0, 0.05) is 36.8 Å². The van der Waals surface area contributed by atoms with E-state index in [1.54, 1.807) is 0 Å². The second-order valence-corrected chi connectivity index (χ2v) is 10.8. The number of amides is 1. The molecule has 0 radical (unpaired) electrons. The summed E-state index contributed by atoms with van der Waals surface area (Å²) in [7, 11) is 0. The summed E-state index contributed by atoms with van der Waals surface area (Å²) in [6.45, 7) is 7.23. The summed E-state index contributed by atoms with van der Waals surface area (Å²) in [5.74, 6) is 0.338. The highest BCUT2D eigenvalue weighted by Gasteiger charge is 2.29. The van der Waals surface area contributed by atoms with E-state index in [4.69, 9.17) is 17.0 Å². The fraction of sp³-hybridized carbons (Fsp3) is 0.464. The van der Waals surface area contributed by atoms with Crippen molar-refractivity contribution in [1.29, 1.82) is 0 Å². The van der Waals surface area contributed by atoms with Gasteiger partial charge in [0.15, 0.2) is 0 Å². The molecule has 0 aliphatic carbocycles. The van der Waals surface area contributed by atoms with Crippen LogP contribution in [0.1, 0.15) is 69.1 Å². The van der Waals surface area contributed by atoms with Gasteiger partial charge in [0.1, 0.15) is 11.2 Å². The average Bonchev–Trinajstić information content (AvgIpc) is 3.30. The quantitative estimate of drug-likeness (QED) is 0.389. The normalized spacial score (nSPS) is 16.6. The Bertz CT molecular complexity index is 1150. The Kier molecular flexibility index (Phi) is 7.67. The number of aryl methyl sites for hydroxylation is 2. The first kappa shape index (κ1) is 24.4. The lowest BCUT2D eigenvalue weighted by Gasteiger charge is -2.35. The maximum absolute atomic E-state index is 12.6. The van der Waals surface area contributed by atoms with E-state index in [1.807, 2.05) is 38.1 Å². The highest BCUT2D eigenvalue weighted by molar-refractivity contribution is 7.80. The van der Waals surface area contributed by atoms with E-state index >= 15 is 0 Å². The molecule has 1 aliphatic heterocycles. The number of nitrogens with zero attached hydrogens (tertiary/aromatic N) is 2. The summed E-state index contributed by atoms with van der Waals surface area (Å²) in [6.07, 6.45) is 9.35. The van der Waals surface area contributed by atoms with Gasteiger partial charge in [-0.15, -0.1) is 0 Å². The highest BCUT2D eigenvalue weighted by atomic mass is 32.1. The van der Waals surface area contributed by atoms with Gasteiger partial charge in [0.05, 0.1) is 0 Å². The van der Waals surface area contributed by atoms with Crippen LogP contribution in [0.4, 0.5) is 4.79 Å². The standard InChI is InChI=1S/C28H35N3O2S/c1-28(2,3)33-27(32)31-18-6-8-22(19-31)24-9-5-4-7-20(24)10-12-23(34)13-11-21-14-16-29-26-25(21)15-17-30-26/h4-5,7,9,14-17,22H,6,8,10-13,18-19H2,1-3H3,(H,29,30). The van der Waals surface area contributed by atoms with Crippen LogP contribution in [0.5, 0.6) is 0 Å². The molecule has 1 amide bonds. The fourth-order valence-electron chi connectivity index (χ4n) is 4.79. The van der Waals surface area contributed by atoms with Crippen LogP contribution < -0.4 is 0 Å². The van der Waals surface area contributed by atoms with Gasteiger partial charge < -0.3 is 14.6 Å². The van der Waals surface area contributed by atoms with Crippen molar-refractivity contribution in [2.45, 2.75) is 70.8 Å². The summed E-state index contributed by atoms with van der Waals surface area (Å²) < 4.78 is 5.62. The number of ether oxygens (including phenoxy) is 1. The van der Waals surface area contributed by atoms with Crippen molar-refractivity contribution in [2.24, 2.45) is 0 Å². The number of piperidine rings is 1. The number of aromatic amines is 1. The predicted molar refractivity (Wildman–Crippen MR) is 142 cm³/mol. The number of aromatic nitrogens is 2. The molecular weight excluding hydrogens is 442 g/mol. The molecular formula is C28H35N3O2S. The first-order chi connectivity index (χ1) is 16.3. The van der Waals surface area contributed by atoms with Crippen molar-refractivity contribution >= 4 is 34.2 Å². The van der Waals surface area contributed by atoms with Gasteiger partial charge in [-0.25, -0.2) is 9.78 Å². The van der Waals surface area contributed by atoms with E-state index in [0.717, 1.165) is 55.6 Å². The third kappa shape index (κ3) is 6.23. The number of hydrogen-bond donors (Lipinski definition) is 1. The predicted octanol–water partition coefficient (Wildman–Crippen LogP) is 6.61. The number of thiocarbonyl (C=S) groups is 1. The molecule has 0 saturated carbocycles. The van der Waals surface area contributed by atoms with Crippen molar-refractivity contribution in [3.8, 4) is 0 Å². The number of H-pyrrole nitrogens is 1. The van der Waals surface area contributed by atoms with Crippen LogP contribution >= 0.6 is 12.2 Å². The first-order valence-corrected chi connectivity index (χ1v) is 12.7. The van der Waals surface area contributed by atoms with Crippen LogP contribution in [0.15, 0.2) is 48.8 Å². The number of nitrogens with one attached hydrogen (secondary N) is 1. The van der Waals surface area contributed by atoms with Crippen molar-refractivity contribution in [3.63, 3.8) is 0 Å². The molecule has 1 atom stereocenters. The molecule has 3 heterocycles. The van der Waals surface area contributed by atoms with Crippen molar-refractivity contribution < 1.29 is 9.53 Å². The molecule has 1 N–H and O–H groups in total. The van der Waals surface area contributed by atoms with Gasteiger partial charge in [-0.3, -0.25) is 0 Å². The Hall–Kier alpha value is -2.73. The van der Waals surface area contributed by atoms with E-state index in [2.05, 4.69) is 46.4 Å². The van der Waals surface area contributed by atoms with Crippen LogP contribution in [0.25, 0.3) is 11.0 Å². The van der Waals surface area contributed by atoms with Crippen LogP contribution in [0.2, 0.25) is 0 Å². The molecule has 4 rings (SSSR count). The largest absolute Gasteiger partial charge is 0.444 e. The smallest absolute Gasteiger partial charge is 0.410 e. The molecule has 1 saturated heterocycles. The van der Waals surface area contributed by atoms with Gasteiger partial charge in [0.2, 0.25) is 0 Å². The summed E-state index contributed by atoms with van der Waals surface area (Å²) >= 11 is 5.76. The van der Waals surface area contributed by atoms with Crippen molar-refractivity contribution in [3.05, 3.63) is 65.5 Å². The van der Waals surface area contributed by atoms with Crippen LogP contribution in [0.3, 0.4) is 0 Å². The van der Waals surface area contributed by atoms with Gasteiger partial charge in [-0.05, 0) is 93.0 Å². The van der Waals surface area contributed by atoms with E-state index in [-0.39, 0.29) is 6.09 Å². The zero-order chi connectivity index (χ0) is 24.1. The Morgan fingerprint density at radius 2 is 1.91 bits per heavy atom. The summed E-state index contributed by atoms with van der Waals surface area (Å²) in [5.41, 5.74) is 4.45. The Morgan fingerprint density at radius 3 is 2.71 bits per heavy atom. The molecule has 1 fully saturated rings. The van der Waals surface area contributed by atoms with Crippen LogP contribution in [-0.2, 0) is 17.6 Å². The number of carbonyl (C=O) groups excluding carboxylic acids is 1. The maximum Gasteiger partial charge on any atom is 0.410 e. The second kappa shape index (κ2) is 10.7. The third-order valence-electron chi connectivity index (χ3n) is 6.46. The molecule has 180 valence electrons. The molecule has 34 heavy (non-hydrogen) atoms. The number of fused-ring (bicyclic) bond motifs is 1. The third-order valence-corrected chi connectivity index (χ3v) is 6.87. The van der Waals surface area contributed by atoms with Gasteiger partial charge in [-0.1, -0.05) is 36.5 Å². The van der Waals surface area contributed by atoms with Crippen LogP contribution in [-0.4, -0.2) is 44.5 Å². The summed E-state index contributed by atoms with van der Waals surface area (Å²) in [4.78, 5) is 23.2. The molecule has 1 aliphatic rings. The van der Waals surface area contributed by atoms with Gasteiger partial charge >= 0.3 is 6.09 Å². The molecule has 1 unspecified atom stereocenters. The zero-order valence-electron chi connectivity index (χ0n) is 20.5. The molecule has 6 heteroatoms. The van der Waals surface area contributed by atoms with Gasteiger partial charge in [0.25, 0.3) is 0 Å². The minimum Gasteiger partial charge on any atom is -0.444 e. The summed E-state index contributed by atoms with van der Waals surface area (Å²) in [5, 5.41) is 1.18. The SMILES string of the molecule is CC(C)(C)OC(=O)N1CCCC(c2ccccc2CCC(=S)CCc2ccnc3[nH]ccc23)C1. The zero-order valence-corrected chi connectivity index (χ0v) is 21.3. The van der Waals surface area contributed by atoms with E-state index in [9.17, 15) is 4.79 Å². The Morgan fingerprint density at radius 1 is 1.15 bits per heavy atom. The maximum atomic E-state index is 12.6. The van der Waals surface area contributed by atoms with Crippen molar-refractivity contribution in [1.82, 2.24) is 14.9 Å². The highest BCUT2D eigenvalue weighted by Crippen LogP contribution is 2.31. The minimum absolute atomic E-state index is 0.205. The number of carbonyl (C=O) groups is 1. The molecule has 0 spiro atoms. The molecule has 2 aromatic heterocycles. The topological polar surface area (TPSA) is 58.2 Å². The van der Waals surface area contributed by atoms with E-state index < -0.39 is 5.60 Å². The van der Waals surface area contributed by atoms with Crippen LogP contribution in [0, 0.1) is 0 Å². The Labute approximate surface area is 207 Å². The monoisotopic (exact) mass is 477 g/mol. The first-order valence-electron chi connectivity index (χ1n) is 12.3. The molecule has 1 aromatic carbocycles. The van der Waals surface area contributed by atoms with Gasteiger partial charge in [-0.2, -0.15) is 0 Å². The lowest BCUT2D eigenvalue weighted by molar-refractivity contribution is 0.0198. The lowest BCUT2D eigenvalue weighted by atomic mass is 9.86. The Balaban J connectivity index is 1.35. The second-order valence-electron chi connectivity index (χ2n) is 10.2. The van der Waals surface area contributed by atoms with E-state index in [1.165, 1.54) is 22.1 Å².